The average Bonchev–Trinajstić information content (AvgIpc) is 3.26. The van der Waals surface area contributed by atoms with E-state index in [9.17, 15) is 4.79 Å². The first kappa shape index (κ1) is 20.9. The number of nitrogens with one attached hydrogen (secondary N) is 3. The first-order valence-electron chi connectivity index (χ1n) is 10.5. The minimum absolute atomic E-state index is 0.188. The topological polar surface area (TPSA) is 101 Å². The third kappa shape index (κ3) is 5.82. The highest BCUT2D eigenvalue weighted by Gasteiger charge is 2.16. The number of rotatable bonds is 7. The molecule has 1 aromatic heterocycles. The Morgan fingerprint density at radius 3 is 2.77 bits per heavy atom. The van der Waals surface area contributed by atoms with Crippen molar-refractivity contribution < 1.29 is 14.3 Å². The molecule has 162 valence electrons. The highest BCUT2D eigenvalue weighted by molar-refractivity contribution is 5.89. The molecule has 3 aromatic rings. The second-order valence-electron chi connectivity index (χ2n) is 7.51. The maximum absolute atomic E-state index is 12.2. The molecule has 0 aliphatic carbocycles. The zero-order chi connectivity index (χ0) is 21.5. The van der Waals surface area contributed by atoms with Crippen LogP contribution >= 0.6 is 0 Å². The van der Waals surface area contributed by atoms with Gasteiger partial charge in [-0.1, -0.05) is 30.3 Å². The summed E-state index contributed by atoms with van der Waals surface area (Å²) in [5, 5.41) is 12.9. The third-order valence-corrected chi connectivity index (χ3v) is 5.11. The molecule has 8 heteroatoms. The SMILES string of the molecule is Cc1cc(NC(=O)NCCc2nc(-c3ccccc3)n[nH]2)ccc1OC1CCOCC1. The third-order valence-electron chi connectivity index (χ3n) is 5.11. The molecule has 8 nitrogen and oxygen atoms in total. The van der Waals surface area contributed by atoms with Crippen molar-refractivity contribution in [2.24, 2.45) is 0 Å². The lowest BCUT2D eigenvalue weighted by Gasteiger charge is -2.24. The molecule has 0 bridgehead atoms. The van der Waals surface area contributed by atoms with Crippen LogP contribution in [-0.2, 0) is 11.2 Å². The molecule has 4 rings (SSSR count). The van der Waals surface area contributed by atoms with Gasteiger partial charge in [-0.05, 0) is 30.7 Å². The fraction of sp³-hybridized carbons (Fsp3) is 0.348. The number of aromatic amines is 1. The van der Waals surface area contributed by atoms with Crippen LogP contribution in [0.2, 0.25) is 0 Å². The number of urea groups is 1. The molecule has 2 amide bonds. The normalized spacial score (nSPS) is 14.2. The van der Waals surface area contributed by atoms with E-state index in [2.05, 4.69) is 25.8 Å². The van der Waals surface area contributed by atoms with Crippen LogP contribution in [0.4, 0.5) is 10.5 Å². The van der Waals surface area contributed by atoms with Crippen LogP contribution in [0.1, 0.15) is 24.2 Å². The molecule has 1 fully saturated rings. The molecule has 1 aliphatic rings. The molecule has 0 atom stereocenters. The van der Waals surface area contributed by atoms with Crippen LogP contribution in [0.15, 0.2) is 48.5 Å². The number of hydrogen-bond donors (Lipinski definition) is 3. The Hall–Kier alpha value is -3.39. The van der Waals surface area contributed by atoms with Crippen molar-refractivity contribution in [3.05, 3.63) is 59.9 Å². The maximum atomic E-state index is 12.2. The summed E-state index contributed by atoms with van der Waals surface area (Å²) >= 11 is 0. The predicted molar refractivity (Wildman–Crippen MR) is 118 cm³/mol. The van der Waals surface area contributed by atoms with E-state index in [-0.39, 0.29) is 12.1 Å². The number of aryl methyl sites for hydroxylation is 1. The summed E-state index contributed by atoms with van der Waals surface area (Å²) in [6.07, 6.45) is 2.55. The van der Waals surface area contributed by atoms with Gasteiger partial charge in [0.05, 0.1) is 13.2 Å². The van der Waals surface area contributed by atoms with Gasteiger partial charge in [-0.15, -0.1) is 0 Å². The Kier molecular flexibility index (Phi) is 6.78. The van der Waals surface area contributed by atoms with Gasteiger partial charge in [0.25, 0.3) is 0 Å². The van der Waals surface area contributed by atoms with Gasteiger partial charge in [-0.3, -0.25) is 5.10 Å². The Balaban J connectivity index is 1.23. The fourth-order valence-corrected chi connectivity index (χ4v) is 3.43. The molecule has 2 heterocycles. The first-order chi connectivity index (χ1) is 15.2. The van der Waals surface area contributed by atoms with Gasteiger partial charge in [0.15, 0.2) is 5.82 Å². The first-order valence-corrected chi connectivity index (χ1v) is 10.5. The van der Waals surface area contributed by atoms with Crippen molar-refractivity contribution in [1.82, 2.24) is 20.5 Å². The number of hydrogen-bond acceptors (Lipinski definition) is 5. The predicted octanol–water partition coefficient (Wildman–Crippen LogP) is 3.70. The van der Waals surface area contributed by atoms with Gasteiger partial charge < -0.3 is 20.1 Å². The quantitative estimate of drug-likeness (QED) is 0.540. The summed E-state index contributed by atoms with van der Waals surface area (Å²) in [4.78, 5) is 16.7. The van der Waals surface area contributed by atoms with E-state index in [1.54, 1.807) is 0 Å². The Morgan fingerprint density at radius 2 is 2.00 bits per heavy atom. The lowest BCUT2D eigenvalue weighted by atomic mass is 10.1. The number of benzene rings is 2. The standard InChI is InChI=1S/C23H27N5O3/c1-16-15-18(7-8-20(16)31-19-10-13-30-14-11-19)25-23(29)24-12-9-21-26-22(28-27-21)17-5-3-2-4-6-17/h2-8,15,19H,9-14H2,1H3,(H2,24,25,29)(H,26,27,28). The van der Waals surface area contributed by atoms with Gasteiger partial charge in [0, 0.05) is 37.1 Å². The summed E-state index contributed by atoms with van der Waals surface area (Å²) < 4.78 is 11.4. The van der Waals surface area contributed by atoms with Crippen LogP contribution in [0.3, 0.4) is 0 Å². The smallest absolute Gasteiger partial charge is 0.319 e. The van der Waals surface area contributed by atoms with E-state index < -0.39 is 0 Å². The van der Waals surface area contributed by atoms with Crippen LogP contribution in [0, 0.1) is 6.92 Å². The lowest BCUT2D eigenvalue weighted by Crippen LogP contribution is -2.30. The maximum Gasteiger partial charge on any atom is 0.319 e. The van der Waals surface area contributed by atoms with E-state index in [0.717, 1.165) is 54.4 Å². The van der Waals surface area contributed by atoms with Gasteiger partial charge in [-0.25, -0.2) is 9.78 Å². The Morgan fingerprint density at radius 1 is 1.19 bits per heavy atom. The zero-order valence-electron chi connectivity index (χ0n) is 17.6. The van der Waals surface area contributed by atoms with E-state index in [1.807, 2.05) is 55.5 Å². The molecular formula is C23H27N5O3. The van der Waals surface area contributed by atoms with Crippen molar-refractivity contribution in [3.63, 3.8) is 0 Å². The largest absolute Gasteiger partial charge is 0.490 e. The average molecular weight is 422 g/mol. The summed E-state index contributed by atoms with van der Waals surface area (Å²) in [5.74, 6) is 2.22. The lowest BCUT2D eigenvalue weighted by molar-refractivity contribution is 0.0253. The zero-order valence-corrected chi connectivity index (χ0v) is 17.6. The number of ether oxygens (including phenoxy) is 2. The molecule has 0 spiro atoms. The Bertz CT molecular complexity index is 999. The number of H-pyrrole nitrogens is 1. The number of aromatic nitrogens is 3. The van der Waals surface area contributed by atoms with Crippen molar-refractivity contribution in [2.45, 2.75) is 32.3 Å². The van der Waals surface area contributed by atoms with Crippen molar-refractivity contribution in [1.29, 1.82) is 0 Å². The van der Waals surface area contributed by atoms with E-state index in [1.165, 1.54) is 0 Å². The van der Waals surface area contributed by atoms with Gasteiger partial charge in [0.1, 0.15) is 17.7 Å². The summed E-state index contributed by atoms with van der Waals surface area (Å²) in [6.45, 7) is 3.90. The number of carbonyl (C=O) groups excluding carboxylic acids is 1. The fourth-order valence-electron chi connectivity index (χ4n) is 3.43. The van der Waals surface area contributed by atoms with Gasteiger partial charge in [-0.2, -0.15) is 5.10 Å². The number of carbonyl (C=O) groups is 1. The van der Waals surface area contributed by atoms with Crippen LogP contribution in [0.5, 0.6) is 5.75 Å². The van der Waals surface area contributed by atoms with Crippen molar-refractivity contribution >= 4 is 11.7 Å². The molecule has 0 radical (unpaired) electrons. The highest BCUT2D eigenvalue weighted by Crippen LogP contribution is 2.25. The highest BCUT2D eigenvalue weighted by atomic mass is 16.5. The van der Waals surface area contributed by atoms with E-state index >= 15 is 0 Å². The molecule has 3 N–H and O–H groups in total. The van der Waals surface area contributed by atoms with Crippen LogP contribution in [0.25, 0.3) is 11.4 Å². The van der Waals surface area contributed by atoms with Crippen LogP contribution in [-0.4, -0.2) is 47.1 Å². The number of anilines is 1. The van der Waals surface area contributed by atoms with E-state index in [0.29, 0.717) is 18.8 Å². The van der Waals surface area contributed by atoms with E-state index in [4.69, 9.17) is 9.47 Å². The monoisotopic (exact) mass is 421 g/mol. The minimum Gasteiger partial charge on any atom is -0.490 e. The molecule has 2 aromatic carbocycles. The number of amides is 2. The molecular weight excluding hydrogens is 394 g/mol. The van der Waals surface area contributed by atoms with Gasteiger partial charge in [0.2, 0.25) is 0 Å². The number of nitrogens with zero attached hydrogens (tertiary/aromatic N) is 2. The molecule has 1 saturated heterocycles. The van der Waals surface area contributed by atoms with Crippen LogP contribution < -0.4 is 15.4 Å². The summed E-state index contributed by atoms with van der Waals surface area (Å²) in [6, 6.07) is 15.2. The molecule has 0 unspecified atom stereocenters. The minimum atomic E-state index is -0.264. The molecule has 0 saturated carbocycles. The second kappa shape index (κ2) is 10.1. The van der Waals surface area contributed by atoms with Gasteiger partial charge >= 0.3 is 6.03 Å². The Labute approximate surface area is 181 Å². The summed E-state index contributed by atoms with van der Waals surface area (Å²) in [7, 11) is 0. The molecule has 31 heavy (non-hydrogen) atoms. The molecule has 1 aliphatic heterocycles. The summed E-state index contributed by atoms with van der Waals surface area (Å²) in [5.41, 5.74) is 2.66. The van der Waals surface area contributed by atoms with Crippen molar-refractivity contribution in [2.75, 3.05) is 25.1 Å². The second-order valence-corrected chi connectivity index (χ2v) is 7.51. The van der Waals surface area contributed by atoms with Crippen molar-refractivity contribution in [3.8, 4) is 17.1 Å².